The van der Waals surface area contributed by atoms with E-state index < -0.39 is 0 Å². The maximum atomic E-state index is 12.0. The SMILES string of the molecule is Cc1cccc(-c2cc(Nc3ccc(C(=O)NC(C)C)cc3)ncn2)c1. The van der Waals surface area contributed by atoms with Crippen molar-refractivity contribution in [2.75, 3.05) is 5.32 Å². The van der Waals surface area contributed by atoms with Gasteiger partial charge in [0.25, 0.3) is 5.91 Å². The minimum atomic E-state index is -0.0738. The number of carbonyl (C=O) groups excluding carboxylic acids is 1. The molecule has 3 aromatic rings. The quantitative estimate of drug-likeness (QED) is 0.721. The highest BCUT2D eigenvalue weighted by atomic mass is 16.1. The molecule has 0 aliphatic heterocycles. The molecule has 0 atom stereocenters. The predicted octanol–water partition coefficient (Wildman–Crippen LogP) is 4.33. The molecule has 2 aromatic carbocycles. The Morgan fingerprint density at radius 2 is 1.77 bits per heavy atom. The number of benzene rings is 2. The Balaban J connectivity index is 1.75. The van der Waals surface area contributed by atoms with Crippen molar-refractivity contribution < 1.29 is 4.79 Å². The fraction of sp³-hybridized carbons (Fsp3) is 0.190. The Labute approximate surface area is 153 Å². The molecular formula is C21H22N4O. The number of carbonyl (C=O) groups is 1. The monoisotopic (exact) mass is 346 g/mol. The molecule has 132 valence electrons. The fourth-order valence-electron chi connectivity index (χ4n) is 2.59. The summed E-state index contributed by atoms with van der Waals surface area (Å²) in [4.78, 5) is 20.6. The van der Waals surface area contributed by atoms with Crippen molar-refractivity contribution in [3.63, 3.8) is 0 Å². The molecule has 3 rings (SSSR count). The van der Waals surface area contributed by atoms with E-state index in [1.165, 1.54) is 5.56 Å². The van der Waals surface area contributed by atoms with E-state index in [0.717, 1.165) is 16.9 Å². The Bertz CT molecular complexity index is 904. The molecule has 0 fully saturated rings. The molecule has 0 spiro atoms. The normalized spacial score (nSPS) is 10.6. The summed E-state index contributed by atoms with van der Waals surface area (Å²) in [5, 5.41) is 6.13. The average Bonchev–Trinajstić information content (AvgIpc) is 2.62. The second kappa shape index (κ2) is 7.78. The standard InChI is InChI=1S/C21H22N4O/c1-14(2)24-21(26)16-7-9-18(10-8-16)25-20-12-19(22-13-23-20)17-6-4-5-15(3)11-17/h4-14H,1-3H3,(H,24,26)(H,22,23,25). The van der Waals surface area contributed by atoms with E-state index in [1.807, 2.05) is 44.2 Å². The van der Waals surface area contributed by atoms with Crippen LogP contribution in [0.3, 0.4) is 0 Å². The number of amides is 1. The van der Waals surface area contributed by atoms with Gasteiger partial charge in [0.2, 0.25) is 0 Å². The van der Waals surface area contributed by atoms with Crippen LogP contribution in [0.2, 0.25) is 0 Å². The van der Waals surface area contributed by atoms with E-state index in [-0.39, 0.29) is 11.9 Å². The van der Waals surface area contributed by atoms with Gasteiger partial charge >= 0.3 is 0 Å². The van der Waals surface area contributed by atoms with Crippen LogP contribution in [0.4, 0.5) is 11.5 Å². The van der Waals surface area contributed by atoms with Crippen LogP contribution in [-0.4, -0.2) is 21.9 Å². The molecule has 0 unspecified atom stereocenters. The summed E-state index contributed by atoms with van der Waals surface area (Å²) in [5.74, 6) is 0.631. The third-order valence-electron chi connectivity index (χ3n) is 3.82. The first-order chi connectivity index (χ1) is 12.5. The van der Waals surface area contributed by atoms with Crippen molar-refractivity contribution in [2.24, 2.45) is 0 Å². The first kappa shape index (κ1) is 17.6. The van der Waals surface area contributed by atoms with Crippen LogP contribution in [0.25, 0.3) is 11.3 Å². The molecule has 1 heterocycles. The fourth-order valence-corrected chi connectivity index (χ4v) is 2.59. The van der Waals surface area contributed by atoms with Crippen molar-refractivity contribution in [1.29, 1.82) is 0 Å². The van der Waals surface area contributed by atoms with Crippen molar-refractivity contribution in [2.45, 2.75) is 26.8 Å². The van der Waals surface area contributed by atoms with Crippen LogP contribution in [0, 0.1) is 6.92 Å². The minimum absolute atomic E-state index is 0.0738. The van der Waals surface area contributed by atoms with Crippen LogP contribution in [0.5, 0.6) is 0 Å². The smallest absolute Gasteiger partial charge is 0.251 e. The zero-order chi connectivity index (χ0) is 18.5. The van der Waals surface area contributed by atoms with E-state index in [0.29, 0.717) is 11.4 Å². The highest BCUT2D eigenvalue weighted by Gasteiger charge is 2.07. The molecule has 2 N–H and O–H groups in total. The van der Waals surface area contributed by atoms with Gasteiger partial charge in [-0.15, -0.1) is 0 Å². The lowest BCUT2D eigenvalue weighted by molar-refractivity contribution is 0.0943. The highest BCUT2D eigenvalue weighted by Crippen LogP contribution is 2.22. The number of nitrogens with one attached hydrogen (secondary N) is 2. The van der Waals surface area contributed by atoms with Crippen molar-refractivity contribution in [1.82, 2.24) is 15.3 Å². The van der Waals surface area contributed by atoms with Gasteiger partial charge in [0.15, 0.2) is 0 Å². The Kier molecular flexibility index (Phi) is 5.27. The molecule has 5 heteroatoms. The molecule has 0 radical (unpaired) electrons. The third kappa shape index (κ3) is 4.45. The summed E-state index contributed by atoms with van der Waals surface area (Å²) in [6.07, 6.45) is 1.55. The van der Waals surface area contributed by atoms with Gasteiger partial charge in [-0.1, -0.05) is 23.8 Å². The molecule has 0 saturated carbocycles. The maximum absolute atomic E-state index is 12.0. The molecule has 0 bridgehead atoms. The second-order valence-corrected chi connectivity index (χ2v) is 6.49. The molecule has 1 aromatic heterocycles. The number of nitrogens with zero attached hydrogens (tertiary/aromatic N) is 2. The van der Waals surface area contributed by atoms with Crippen molar-refractivity contribution in [3.05, 3.63) is 72.1 Å². The van der Waals surface area contributed by atoms with Crippen LogP contribution in [0.1, 0.15) is 29.8 Å². The van der Waals surface area contributed by atoms with Crippen LogP contribution < -0.4 is 10.6 Å². The zero-order valence-corrected chi connectivity index (χ0v) is 15.2. The summed E-state index contributed by atoms with van der Waals surface area (Å²) < 4.78 is 0. The lowest BCUT2D eigenvalue weighted by Crippen LogP contribution is -2.29. The van der Waals surface area contributed by atoms with Crippen LogP contribution >= 0.6 is 0 Å². The molecule has 1 amide bonds. The summed E-state index contributed by atoms with van der Waals surface area (Å²) in [6.45, 7) is 5.93. The third-order valence-corrected chi connectivity index (χ3v) is 3.82. The minimum Gasteiger partial charge on any atom is -0.350 e. The number of hydrogen-bond acceptors (Lipinski definition) is 4. The maximum Gasteiger partial charge on any atom is 0.251 e. The Hall–Kier alpha value is -3.21. The number of aromatic nitrogens is 2. The topological polar surface area (TPSA) is 66.9 Å². The highest BCUT2D eigenvalue weighted by molar-refractivity contribution is 5.94. The van der Waals surface area contributed by atoms with Crippen molar-refractivity contribution >= 4 is 17.4 Å². The van der Waals surface area contributed by atoms with Gasteiger partial charge in [0.05, 0.1) is 5.69 Å². The zero-order valence-electron chi connectivity index (χ0n) is 15.2. The van der Waals surface area contributed by atoms with Crippen LogP contribution in [-0.2, 0) is 0 Å². The van der Waals surface area contributed by atoms with E-state index in [9.17, 15) is 4.79 Å². The van der Waals surface area contributed by atoms with E-state index >= 15 is 0 Å². The van der Waals surface area contributed by atoms with E-state index in [2.05, 4.69) is 39.7 Å². The number of hydrogen-bond donors (Lipinski definition) is 2. The Morgan fingerprint density at radius 3 is 2.46 bits per heavy atom. The molecule has 5 nitrogen and oxygen atoms in total. The lowest BCUT2D eigenvalue weighted by Gasteiger charge is -2.10. The summed E-state index contributed by atoms with van der Waals surface area (Å²) >= 11 is 0. The largest absolute Gasteiger partial charge is 0.350 e. The summed E-state index contributed by atoms with van der Waals surface area (Å²) in [7, 11) is 0. The molecule has 0 aliphatic carbocycles. The number of aryl methyl sites for hydroxylation is 1. The van der Waals surface area contributed by atoms with Gasteiger partial charge in [-0.05, 0) is 51.1 Å². The summed E-state index contributed by atoms with van der Waals surface area (Å²) in [6, 6.07) is 17.5. The van der Waals surface area contributed by atoms with Crippen molar-refractivity contribution in [3.8, 4) is 11.3 Å². The van der Waals surface area contributed by atoms with E-state index in [1.54, 1.807) is 18.5 Å². The number of anilines is 2. The van der Waals surface area contributed by atoms with Gasteiger partial charge in [-0.25, -0.2) is 9.97 Å². The average molecular weight is 346 g/mol. The molecular weight excluding hydrogens is 324 g/mol. The Morgan fingerprint density at radius 1 is 1.00 bits per heavy atom. The van der Waals surface area contributed by atoms with Gasteiger partial charge in [0, 0.05) is 28.9 Å². The van der Waals surface area contributed by atoms with Gasteiger partial charge in [-0.3, -0.25) is 4.79 Å². The molecule has 0 saturated heterocycles. The lowest BCUT2D eigenvalue weighted by atomic mass is 10.1. The summed E-state index contributed by atoms with van der Waals surface area (Å²) in [5.41, 5.74) is 4.59. The van der Waals surface area contributed by atoms with Gasteiger partial charge < -0.3 is 10.6 Å². The van der Waals surface area contributed by atoms with E-state index in [4.69, 9.17) is 0 Å². The second-order valence-electron chi connectivity index (χ2n) is 6.49. The van der Waals surface area contributed by atoms with Gasteiger partial charge in [0.1, 0.15) is 12.1 Å². The number of rotatable bonds is 5. The predicted molar refractivity (Wildman–Crippen MR) is 105 cm³/mol. The first-order valence-corrected chi connectivity index (χ1v) is 8.58. The molecule has 26 heavy (non-hydrogen) atoms. The van der Waals surface area contributed by atoms with Gasteiger partial charge in [-0.2, -0.15) is 0 Å². The van der Waals surface area contributed by atoms with Crippen LogP contribution in [0.15, 0.2) is 60.9 Å². The molecule has 0 aliphatic rings. The first-order valence-electron chi connectivity index (χ1n) is 8.58.